The topological polar surface area (TPSA) is 108 Å². The van der Waals surface area contributed by atoms with Crippen LogP contribution in [0, 0.1) is 21.4 Å². The summed E-state index contributed by atoms with van der Waals surface area (Å²) in [6.45, 7) is 1.69. The summed E-state index contributed by atoms with van der Waals surface area (Å²) in [5.41, 5.74) is 1.76. The number of non-ortho nitro benzene ring substituents is 1. The van der Waals surface area contributed by atoms with Gasteiger partial charge in [-0.2, -0.15) is 0 Å². The summed E-state index contributed by atoms with van der Waals surface area (Å²) in [6, 6.07) is 14.9. The predicted molar refractivity (Wildman–Crippen MR) is 111 cm³/mol. The van der Waals surface area contributed by atoms with Crippen LogP contribution in [0.3, 0.4) is 0 Å². The zero-order chi connectivity index (χ0) is 20.3. The van der Waals surface area contributed by atoms with E-state index in [0.29, 0.717) is 17.0 Å². The van der Waals surface area contributed by atoms with E-state index in [1.807, 2.05) is 6.07 Å². The van der Waals surface area contributed by atoms with Crippen LogP contribution >= 0.6 is 12.2 Å². The highest BCUT2D eigenvalue weighted by Gasteiger charge is 2.40. The Morgan fingerprint density at radius 1 is 1.25 bits per heavy atom. The van der Waals surface area contributed by atoms with Crippen LogP contribution in [0.4, 0.5) is 11.4 Å². The lowest BCUT2D eigenvalue weighted by Crippen LogP contribution is -2.38. The molecule has 0 aromatic heterocycles. The lowest BCUT2D eigenvalue weighted by Gasteiger charge is -2.31. The Morgan fingerprint density at radius 2 is 1.96 bits per heavy atom. The van der Waals surface area contributed by atoms with Gasteiger partial charge in [-0.05, 0) is 30.5 Å². The maximum absolute atomic E-state index is 13.1. The summed E-state index contributed by atoms with van der Waals surface area (Å²) in [7, 11) is 0. The number of hydrogen-bond acceptors (Lipinski definition) is 5. The van der Waals surface area contributed by atoms with Crippen molar-refractivity contribution in [3.05, 3.63) is 75.8 Å². The number of nitrogens with zero attached hydrogens (tertiary/aromatic N) is 2. The van der Waals surface area contributed by atoms with Crippen molar-refractivity contribution in [3.63, 3.8) is 0 Å². The Morgan fingerprint density at radius 3 is 2.61 bits per heavy atom. The first-order valence-electron chi connectivity index (χ1n) is 8.41. The van der Waals surface area contributed by atoms with Crippen molar-refractivity contribution in [3.8, 4) is 0 Å². The number of thiocarbonyl (C=S) groups is 1. The summed E-state index contributed by atoms with van der Waals surface area (Å²) in [5, 5.41) is 21.7. The third kappa shape index (κ3) is 3.78. The molecule has 2 aromatic rings. The summed E-state index contributed by atoms with van der Waals surface area (Å²) >= 11 is 5.26. The molecule has 1 aliphatic rings. The largest absolute Gasteiger partial charge is 0.325 e. The number of hydrogen-bond donors (Lipinski definition) is 2. The molecule has 140 valence electrons. The highest BCUT2D eigenvalue weighted by molar-refractivity contribution is 7.80. The molecular formula is C20H16N4O3S. The van der Waals surface area contributed by atoms with Gasteiger partial charge in [0.1, 0.15) is 4.99 Å². The Kier molecular flexibility index (Phi) is 5.54. The number of nitro groups is 1. The summed E-state index contributed by atoms with van der Waals surface area (Å²) in [5.74, 6) is 0.490. The van der Waals surface area contributed by atoms with E-state index >= 15 is 0 Å². The molecule has 1 aliphatic heterocycles. The molecule has 0 saturated carbocycles. The van der Waals surface area contributed by atoms with E-state index in [0.717, 1.165) is 0 Å². The first-order chi connectivity index (χ1) is 13.4. The molecule has 0 bridgehead atoms. The Bertz CT molecular complexity index is 1040. The molecule has 8 heteroatoms. The maximum atomic E-state index is 13.1. The number of carbonyl (C=O) groups excluding carboxylic acids is 1. The molecule has 0 fully saturated rings. The molecule has 3 rings (SSSR count). The van der Waals surface area contributed by atoms with Crippen molar-refractivity contribution in [2.75, 3.05) is 5.32 Å². The highest BCUT2D eigenvalue weighted by Crippen LogP contribution is 2.38. The van der Waals surface area contributed by atoms with Crippen LogP contribution in [-0.2, 0) is 4.79 Å². The van der Waals surface area contributed by atoms with Gasteiger partial charge >= 0.3 is 0 Å². The Hall–Kier alpha value is -3.48. The van der Waals surface area contributed by atoms with Crippen LogP contribution in [-0.4, -0.2) is 27.4 Å². The van der Waals surface area contributed by atoms with Gasteiger partial charge < -0.3 is 5.32 Å². The molecule has 2 atom stereocenters. The van der Waals surface area contributed by atoms with Crippen LogP contribution in [0.15, 0.2) is 65.2 Å². The van der Waals surface area contributed by atoms with Crippen molar-refractivity contribution in [2.45, 2.75) is 12.8 Å². The van der Waals surface area contributed by atoms with Crippen LogP contribution in [0.5, 0.6) is 0 Å². The fourth-order valence-corrected chi connectivity index (χ4v) is 3.56. The van der Waals surface area contributed by atoms with Crippen molar-refractivity contribution < 1.29 is 9.72 Å². The molecule has 0 saturated heterocycles. The number of nitro benzene ring substituents is 1. The van der Waals surface area contributed by atoms with E-state index < -0.39 is 16.8 Å². The molecular weight excluding hydrogens is 376 g/mol. The van der Waals surface area contributed by atoms with E-state index in [1.165, 1.54) is 12.1 Å². The molecule has 2 aromatic carbocycles. The zero-order valence-corrected chi connectivity index (χ0v) is 15.7. The molecule has 1 unspecified atom stereocenters. The second-order valence-electron chi connectivity index (χ2n) is 6.26. The van der Waals surface area contributed by atoms with Crippen molar-refractivity contribution in [1.82, 2.24) is 0 Å². The number of benzene rings is 2. The summed E-state index contributed by atoms with van der Waals surface area (Å²) in [6.07, 6.45) is 0. The monoisotopic (exact) mass is 392 g/mol. The average molecular weight is 392 g/mol. The van der Waals surface area contributed by atoms with Gasteiger partial charge in [0.2, 0.25) is 5.91 Å². The number of carbonyl (C=O) groups is 1. The predicted octanol–water partition coefficient (Wildman–Crippen LogP) is 3.91. The van der Waals surface area contributed by atoms with E-state index in [4.69, 9.17) is 17.6 Å². The number of aliphatic imine (C=N–C) groups is 1. The van der Waals surface area contributed by atoms with Gasteiger partial charge in [0.15, 0.2) is 0 Å². The van der Waals surface area contributed by atoms with Gasteiger partial charge in [-0.3, -0.25) is 20.3 Å². The lowest BCUT2D eigenvalue weighted by molar-refractivity contribution is -0.384. The smallest absolute Gasteiger partial charge is 0.269 e. The van der Waals surface area contributed by atoms with Gasteiger partial charge in [-0.15, -0.1) is 0 Å². The minimum atomic E-state index is -0.776. The van der Waals surface area contributed by atoms with Crippen molar-refractivity contribution in [1.29, 1.82) is 5.41 Å². The third-order valence-electron chi connectivity index (χ3n) is 4.50. The second kappa shape index (κ2) is 8.04. The van der Waals surface area contributed by atoms with Crippen LogP contribution in [0.1, 0.15) is 18.4 Å². The number of rotatable bonds is 4. The van der Waals surface area contributed by atoms with Crippen LogP contribution in [0.2, 0.25) is 0 Å². The van der Waals surface area contributed by atoms with Crippen LogP contribution < -0.4 is 5.32 Å². The standard InChI is InChI=1S/C20H16N4O3S/c1-12-17(19(25)23-14-7-3-2-4-8-14)18(16(11-21)20(28)22-12)13-6-5-9-15(10-13)24(26)27/h2-10,17-18,21H,1H3,(H,23,25)/t17?,18-/m0/s1. The van der Waals surface area contributed by atoms with Crippen molar-refractivity contribution >= 4 is 46.1 Å². The van der Waals surface area contributed by atoms with Gasteiger partial charge in [0.25, 0.3) is 5.69 Å². The molecule has 0 radical (unpaired) electrons. The average Bonchev–Trinajstić information content (AvgIpc) is 2.68. The molecule has 0 aliphatic carbocycles. The number of amides is 1. The van der Waals surface area contributed by atoms with Gasteiger partial charge in [-0.25, -0.2) is 4.99 Å². The highest BCUT2D eigenvalue weighted by atomic mass is 32.1. The third-order valence-corrected chi connectivity index (χ3v) is 4.81. The van der Waals surface area contributed by atoms with E-state index in [1.54, 1.807) is 43.3 Å². The lowest BCUT2D eigenvalue weighted by atomic mass is 9.76. The minimum absolute atomic E-state index is 0.102. The molecule has 0 spiro atoms. The van der Waals surface area contributed by atoms with Crippen molar-refractivity contribution in [2.24, 2.45) is 10.9 Å². The van der Waals surface area contributed by atoms with Gasteiger partial charge in [-0.1, -0.05) is 42.5 Å². The van der Waals surface area contributed by atoms with Gasteiger partial charge in [0, 0.05) is 29.4 Å². The zero-order valence-electron chi connectivity index (χ0n) is 14.9. The van der Waals surface area contributed by atoms with E-state index in [-0.39, 0.29) is 22.2 Å². The Balaban J connectivity index is 2.09. The summed E-state index contributed by atoms with van der Waals surface area (Å²) < 4.78 is 0. The fourth-order valence-electron chi connectivity index (χ4n) is 3.24. The quantitative estimate of drug-likeness (QED) is 0.270. The summed E-state index contributed by atoms with van der Waals surface area (Å²) in [4.78, 5) is 28.2. The minimum Gasteiger partial charge on any atom is -0.325 e. The normalized spacial score (nSPS) is 18.8. The molecule has 2 N–H and O–H groups in total. The fraction of sp³-hybridized carbons (Fsp3) is 0.150. The second-order valence-corrected chi connectivity index (χ2v) is 6.65. The molecule has 1 heterocycles. The maximum Gasteiger partial charge on any atom is 0.269 e. The number of anilines is 1. The first-order valence-corrected chi connectivity index (χ1v) is 8.82. The van der Waals surface area contributed by atoms with Gasteiger partial charge in [0.05, 0.1) is 16.4 Å². The number of nitrogens with one attached hydrogen (secondary N) is 2. The van der Waals surface area contributed by atoms with E-state index in [2.05, 4.69) is 16.2 Å². The molecule has 7 nitrogen and oxygen atoms in total. The Labute approximate surface area is 166 Å². The molecule has 1 amide bonds. The van der Waals surface area contributed by atoms with Crippen LogP contribution in [0.25, 0.3) is 0 Å². The number of para-hydroxylation sites is 1. The SMILES string of the molecule is CC1=NC(=S)C(=C=N)[C@H](c2cccc([N+](=O)[O-])c2)C1C(=O)Nc1ccccc1. The molecule has 28 heavy (non-hydrogen) atoms. The first kappa shape index (κ1) is 19.3. The van der Waals surface area contributed by atoms with E-state index in [9.17, 15) is 14.9 Å².